The molecule has 0 fully saturated rings. The summed E-state index contributed by atoms with van der Waals surface area (Å²) in [6, 6.07) is 12.2. The number of hydrogen-bond acceptors (Lipinski definition) is 6. The molecule has 3 rings (SSSR count). The van der Waals surface area contributed by atoms with Gasteiger partial charge in [-0.05, 0) is 74.9 Å². The fraction of sp³-hybridized carbons (Fsp3) is 0. The zero-order valence-electron chi connectivity index (χ0n) is 12.5. The molecule has 7 nitrogen and oxygen atoms in total. The van der Waals surface area contributed by atoms with Crippen molar-refractivity contribution in [2.24, 2.45) is 5.14 Å². The van der Waals surface area contributed by atoms with E-state index in [1.807, 2.05) is 24.3 Å². The number of hydrogen-bond donors (Lipinski definition) is 3. The highest BCUT2D eigenvalue weighted by molar-refractivity contribution is 14.1. The number of rotatable bonds is 4. The third-order valence-corrected chi connectivity index (χ3v) is 5.88. The van der Waals surface area contributed by atoms with Crippen molar-refractivity contribution in [2.75, 3.05) is 11.1 Å². The van der Waals surface area contributed by atoms with Crippen LogP contribution in [-0.2, 0) is 10.0 Å². The van der Waals surface area contributed by atoms with E-state index in [4.69, 9.17) is 15.4 Å². The van der Waals surface area contributed by atoms with Gasteiger partial charge in [-0.1, -0.05) is 5.16 Å². The van der Waals surface area contributed by atoms with Crippen molar-refractivity contribution in [1.82, 2.24) is 5.16 Å². The lowest BCUT2D eigenvalue weighted by atomic mass is 10.1. The Morgan fingerprint density at radius 1 is 1.16 bits per heavy atom. The number of nitrogens with one attached hydrogen (secondary N) is 1. The number of halogens is 2. The van der Waals surface area contributed by atoms with Gasteiger partial charge in [0.1, 0.15) is 0 Å². The maximum atomic E-state index is 11.8. The molecule has 0 aliphatic rings. The van der Waals surface area contributed by atoms with Gasteiger partial charge in [0.15, 0.2) is 11.6 Å². The van der Waals surface area contributed by atoms with Crippen molar-refractivity contribution in [3.8, 4) is 11.3 Å². The molecular weight excluding hydrogens is 523 g/mol. The smallest absolute Gasteiger partial charge is 0.239 e. The maximum absolute atomic E-state index is 11.8. The lowest BCUT2D eigenvalue weighted by Gasteiger charge is -2.13. The van der Waals surface area contributed by atoms with Gasteiger partial charge >= 0.3 is 0 Å². The number of nitrogen functional groups attached to an aromatic ring is 1. The first-order chi connectivity index (χ1) is 11.7. The summed E-state index contributed by atoms with van der Waals surface area (Å²) in [7, 11) is -3.91. The van der Waals surface area contributed by atoms with Crippen molar-refractivity contribution in [3.05, 3.63) is 50.5 Å². The van der Waals surface area contributed by atoms with Gasteiger partial charge in [0.05, 0.1) is 10.6 Å². The summed E-state index contributed by atoms with van der Waals surface area (Å²) >= 11 is 5.43. The summed E-state index contributed by atoms with van der Waals surface area (Å²) in [5.41, 5.74) is 7.47. The lowest BCUT2D eigenvalue weighted by molar-refractivity contribution is 0.436. The van der Waals surface area contributed by atoms with Crippen LogP contribution in [0.25, 0.3) is 11.3 Å². The van der Waals surface area contributed by atoms with Crippen LogP contribution in [0.4, 0.5) is 17.2 Å². The van der Waals surface area contributed by atoms with E-state index in [2.05, 4.69) is 49.0 Å². The molecule has 0 atom stereocenters. The monoisotopic (exact) mass is 534 g/mol. The highest BCUT2D eigenvalue weighted by atomic mass is 127. The Morgan fingerprint density at radius 2 is 1.84 bits per heavy atom. The normalized spacial score (nSPS) is 11.5. The Bertz CT molecular complexity index is 1040. The molecule has 25 heavy (non-hydrogen) atoms. The van der Waals surface area contributed by atoms with E-state index in [9.17, 15) is 8.42 Å². The summed E-state index contributed by atoms with van der Waals surface area (Å²) in [4.78, 5) is -0.0447. The Balaban J connectivity index is 2.16. The molecular formula is C15H12BrIN4O3S. The van der Waals surface area contributed by atoms with E-state index in [0.717, 1.165) is 9.26 Å². The molecule has 0 saturated carbocycles. The van der Waals surface area contributed by atoms with Gasteiger partial charge < -0.3 is 15.6 Å². The first-order valence-electron chi connectivity index (χ1n) is 6.85. The maximum Gasteiger partial charge on any atom is 0.239 e. The van der Waals surface area contributed by atoms with E-state index < -0.39 is 10.0 Å². The summed E-state index contributed by atoms with van der Waals surface area (Å²) in [6.07, 6.45) is 0. The van der Waals surface area contributed by atoms with E-state index in [1.165, 1.54) is 6.07 Å². The molecule has 0 unspecified atom stereocenters. The number of sulfonamides is 1. The summed E-state index contributed by atoms with van der Waals surface area (Å²) in [5.74, 6) is 0.619. The Labute approximate surface area is 166 Å². The average molecular weight is 535 g/mol. The van der Waals surface area contributed by atoms with Crippen molar-refractivity contribution >= 4 is 65.7 Å². The van der Waals surface area contributed by atoms with Gasteiger partial charge in [-0.3, -0.25) is 0 Å². The van der Waals surface area contributed by atoms with E-state index >= 15 is 0 Å². The van der Waals surface area contributed by atoms with Gasteiger partial charge in [-0.25, -0.2) is 13.6 Å². The third-order valence-electron chi connectivity index (χ3n) is 3.30. The number of nitrogens with two attached hydrogens (primary N) is 2. The summed E-state index contributed by atoms with van der Waals surface area (Å²) in [6.45, 7) is 0. The minimum atomic E-state index is -3.91. The third kappa shape index (κ3) is 4.14. The van der Waals surface area contributed by atoms with E-state index in [0.29, 0.717) is 21.5 Å². The van der Waals surface area contributed by atoms with Gasteiger partial charge in [-0.15, -0.1) is 0 Å². The molecule has 0 amide bonds. The summed E-state index contributed by atoms with van der Waals surface area (Å²) in [5, 5.41) is 12.1. The standard InChI is InChI=1S/C15H12BrIN4O3S/c16-11-5-10(13-7-15(18)21-24-13)12(6-14(11)25(19,22)23)20-9-3-1-8(17)2-4-9/h1-7,20H,(H2,18,21)(H2,19,22,23). The van der Waals surface area contributed by atoms with E-state index in [1.54, 1.807) is 12.1 Å². The minimum Gasteiger partial charge on any atom is -0.381 e. The van der Waals surface area contributed by atoms with Crippen LogP contribution in [0.15, 0.2) is 56.4 Å². The Kier molecular flexibility index (Phi) is 5.04. The molecule has 10 heteroatoms. The molecule has 1 aromatic heterocycles. The average Bonchev–Trinajstić information content (AvgIpc) is 2.96. The Hall–Kier alpha value is -1.63. The van der Waals surface area contributed by atoms with E-state index in [-0.39, 0.29) is 10.7 Å². The number of primary sulfonamides is 1. The second-order valence-corrected chi connectivity index (χ2v) is 8.75. The van der Waals surface area contributed by atoms with Crippen LogP contribution in [0, 0.1) is 3.57 Å². The van der Waals surface area contributed by atoms with Crippen LogP contribution in [0.3, 0.4) is 0 Å². The van der Waals surface area contributed by atoms with Crippen molar-refractivity contribution in [3.63, 3.8) is 0 Å². The fourth-order valence-corrected chi connectivity index (χ4v) is 4.18. The van der Waals surface area contributed by atoms with Crippen LogP contribution >= 0.6 is 38.5 Å². The molecule has 0 radical (unpaired) electrons. The fourth-order valence-electron chi connectivity index (χ4n) is 2.18. The zero-order valence-corrected chi connectivity index (χ0v) is 17.1. The van der Waals surface area contributed by atoms with Crippen LogP contribution in [0.5, 0.6) is 0 Å². The molecule has 0 saturated heterocycles. The predicted octanol–water partition coefficient (Wildman–Crippen LogP) is 3.68. The molecule has 0 spiro atoms. The number of anilines is 3. The largest absolute Gasteiger partial charge is 0.381 e. The second kappa shape index (κ2) is 6.94. The quantitative estimate of drug-likeness (QED) is 0.438. The molecule has 130 valence electrons. The molecule has 2 aromatic carbocycles. The number of nitrogens with zero attached hydrogens (tertiary/aromatic N) is 1. The molecule has 0 aliphatic heterocycles. The highest BCUT2D eigenvalue weighted by Gasteiger charge is 2.19. The van der Waals surface area contributed by atoms with Crippen LogP contribution in [-0.4, -0.2) is 13.6 Å². The van der Waals surface area contributed by atoms with Gasteiger partial charge in [0.25, 0.3) is 0 Å². The first kappa shape index (κ1) is 18.2. The molecule has 0 aliphatic carbocycles. The Morgan fingerprint density at radius 3 is 2.40 bits per heavy atom. The van der Waals surface area contributed by atoms with Gasteiger partial charge in [0, 0.05) is 25.4 Å². The minimum absolute atomic E-state index is 0.0447. The highest BCUT2D eigenvalue weighted by Crippen LogP contribution is 2.37. The van der Waals surface area contributed by atoms with Gasteiger partial charge in [0.2, 0.25) is 10.0 Å². The number of benzene rings is 2. The second-order valence-electron chi connectivity index (χ2n) is 5.12. The van der Waals surface area contributed by atoms with Crippen LogP contribution in [0.1, 0.15) is 0 Å². The van der Waals surface area contributed by atoms with Crippen LogP contribution in [0.2, 0.25) is 0 Å². The topological polar surface area (TPSA) is 124 Å². The first-order valence-corrected chi connectivity index (χ1v) is 10.3. The van der Waals surface area contributed by atoms with Crippen molar-refractivity contribution < 1.29 is 12.9 Å². The SMILES string of the molecule is Nc1cc(-c2cc(Br)c(S(N)(=O)=O)cc2Nc2ccc(I)cc2)on1. The predicted molar refractivity (Wildman–Crippen MR) is 108 cm³/mol. The molecule has 0 bridgehead atoms. The van der Waals surface area contributed by atoms with Crippen LogP contribution < -0.4 is 16.2 Å². The molecule has 3 aromatic rings. The zero-order chi connectivity index (χ0) is 18.2. The summed E-state index contributed by atoms with van der Waals surface area (Å²) < 4.78 is 30.2. The number of aromatic nitrogens is 1. The van der Waals surface area contributed by atoms with Crippen molar-refractivity contribution in [1.29, 1.82) is 0 Å². The lowest BCUT2D eigenvalue weighted by Crippen LogP contribution is -2.13. The molecule has 5 N–H and O–H groups in total. The van der Waals surface area contributed by atoms with Gasteiger partial charge in [-0.2, -0.15) is 0 Å². The molecule has 1 heterocycles. The van der Waals surface area contributed by atoms with Crippen molar-refractivity contribution in [2.45, 2.75) is 4.90 Å².